The minimum absolute atomic E-state index is 0.107. The van der Waals surface area contributed by atoms with Crippen molar-refractivity contribution >= 4 is 0 Å². The summed E-state index contributed by atoms with van der Waals surface area (Å²) >= 11 is 0. The molecule has 2 heterocycles. The number of rotatable bonds is 4. The second-order valence-corrected chi connectivity index (χ2v) is 3.80. The Labute approximate surface area is 94.7 Å². The van der Waals surface area contributed by atoms with Crippen LogP contribution in [0.15, 0.2) is 4.42 Å². The van der Waals surface area contributed by atoms with Gasteiger partial charge in [0.1, 0.15) is 6.61 Å². The summed E-state index contributed by atoms with van der Waals surface area (Å²) in [6.45, 7) is 3.03. The second-order valence-electron chi connectivity index (χ2n) is 3.80. The second kappa shape index (κ2) is 5.32. The van der Waals surface area contributed by atoms with Gasteiger partial charge < -0.3 is 18.6 Å². The van der Waals surface area contributed by atoms with Crippen LogP contribution in [0.2, 0.25) is 0 Å². The highest BCUT2D eigenvalue weighted by Crippen LogP contribution is 2.20. The summed E-state index contributed by atoms with van der Waals surface area (Å²) in [5, 5.41) is 0. The number of hydrogen-bond acceptors (Lipinski definition) is 5. The SMILES string of the molecule is COc1nc(C)c(COC2CCCCO2)o1. The molecule has 5 heteroatoms. The van der Waals surface area contributed by atoms with Crippen molar-refractivity contribution in [3.05, 3.63) is 11.5 Å². The molecule has 1 aliphatic rings. The minimum Gasteiger partial charge on any atom is -0.454 e. The summed E-state index contributed by atoms with van der Waals surface area (Å²) in [5.74, 6) is 0.700. The Morgan fingerprint density at radius 3 is 2.94 bits per heavy atom. The predicted molar refractivity (Wildman–Crippen MR) is 56.2 cm³/mol. The number of nitrogens with zero attached hydrogens (tertiary/aromatic N) is 1. The Morgan fingerprint density at radius 2 is 2.31 bits per heavy atom. The molecule has 0 radical (unpaired) electrons. The predicted octanol–water partition coefficient (Wildman–Crippen LogP) is 2.03. The van der Waals surface area contributed by atoms with Crippen molar-refractivity contribution in [1.29, 1.82) is 0 Å². The van der Waals surface area contributed by atoms with E-state index in [0.717, 1.165) is 31.6 Å². The molecule has 0 saturated carbocycles. The molecule has 5 nitrogen and oxygen atoms in total. The van der Waals surface area contributed by atoms with E-state index in [9.17, 15) is 0 Å². The number of aromatic nitrogens is 1. The van der Waals surface area contributed by atoms with Crippen molar-refractivity contribution in [2.24, 2.45) is 0 Å². The van der Waals surface area contributed by atoms with Crippen LogP contribution in [-0.4, -0.2) is 25.0 Å². The highest BCUT2D eigenvalue weighted by Gasteiger charge is 2.16. The summed E-state index contributed by atoms with van der Waals surface area (Å²) < 4.78 is 21.3. The average molecular weight is 227 g/mol. The molecule has 1 saturated heterocycles. The molecule has 0 bridgehead atoms. The molecule has 0 amide bonds. The van der Waals surface area contributed by atoms with Crippen LogP contribution >= 0.6 is 0 Å². The zero-order chi connectivity index (χ0) is 11.4. The third-order valence-corrected chi connectivity index (χ3v) is 2.59. The van der Waals surface area contributed by atoms with Gasteiger partial charge in [0.25, 0.3) is 0 Å². The van der Waals surface area contributed by atoms with Gasteiger partial charge in [-0.25, -0.2) is 0 Å². The Morgan fingerprint density at radius 1 is 1.44 bits per heavy atom. The molecule has 1 aliphatic heterocycles. The normalized spacial score (nSPS) is 21.0. The van der Waals surface area contributed by atoms with Crippen LogP contribution in [0.4, 0.5) is 0 Å². The van der Waals surface area contributed by atoms with Gasteiger partial charge in [-0.3, -0.25) is 0 Å². The van der Waals surface area contributed by atoms with Crippen molar-refractivity contribution < 1.29 is 18.6 Å². The molecule has 1 atom stereocenters. The molecule has 2 rings (SSSR count). The van der Waals surface area contributed by atoms with Gasteiger partial charge in [-0.05, 0) is 26.2 Å². The lowest BCUT2D eigenvalue weighted by Gasteiger charge is -2.22. The zero-order valence-electron chi connectivity index (χ0n) is 9.69. The van der Waals surface area contributed by atoms with Gasteiger partial charge in [0, 0.05) is 6.61 Å². The third kappa shape index (κ3) is 2.74. The van der Waals surface area contributed by atoms with Crippen LogP contribution in [0.3, 0.4) is 0 Å². The first-order chi connectivity index (χ1) is 7.79. The monoisotopic (exact) mass is 227 g/mol. The first-order valence-corrected chi connectivity index (χ1v) is 5.53. The minimum atomic E-state index is -0.107. The first-order valence-electron chi connectivity index (χ1n) is 5.53. The molecule has 0 aliphatic carbocycles. The van der Waals surface area contributed by atoms with E-state index in [4.69, 9.17) is 18.6 Å². The average Bonchev–Trinajstić information content (AvgIpc) is 2.69. The molecular formula is C11H17NO4. The van der Waals surface area contributed by atoms with Crippen LogP contribution < -0.4 is 4.74 Å². The van der Waals surface area contributed by atoms with Crippen LogP contribution in [0.25, 0.3) is 0 Å². The third-order valence-electron chi connectivity index (χ3n) is 2.59. The maximum atomic E-state index is 5.60. The van der Waals surface area contributed by atoms with Gasteiger partial charge >= 0.3 is 6.08 Å². The van der Waals surface area contributed by atoms with Gasteiger partial charge in [-0.1, -0.05) is 0 Å². The number of aryl methyl sites for hydroxylation is 1. The highest BCUT2D eigenvalue weighted by molar-refractivity contribution is 5.09. The molecular weight excluding hydrogens is 210 g/mol. The Kier molecular flexibility index (Phi) is 3.79. The topological polar surface area (TPSA) is 53.7 Å². The number of oxazole rings is 1. The van der Waals surface area contributed by atoms with E-state index in [0.29, 0.717) is 12.4 Å². The Bertz CT molecular complexity index is 331. The fraction of sp³-hybridized carbons (Fsp3) is 0.727. The van der Waals surface area contributed by atoms with E-state index in [1.807, 2.05) is 6.92 Å². The zero-order valence-corrected chi connectivity index (χ0v) is 9.69. The molecule has 1 fully saturated rings. The van der Waals surface area contributed by atoms with Gasteiger partial charge in [-0.2, -0.15) is 4.98 Å². The van der Waals surface area contributed by atoms with Crippen molar-refractivity contribution in [2.45, 2.75) is 39.1 Å². The fourth-order valence-electron chi connectivity index (χ4n) is 1.63. The van der Waals surface area contributed by atoms with Gasteiger partial charge in [0.15, 0.2) is 12.1 Å². The van der Waals surface area contributed by atoms with E-state index in [1.165, 1.54) is 7.11 Å². The van der Waals surface area contributed by atoms with Crippen molar-refractivity contribution in [3.8, 4) is 6.08 Å². The first kappa shape index (κ1) is 11.4. The van der Waals surface area contributed by atoms with Crippen LogP contribution in [0.1, 0.15) is 30.7 Å². The lowest BCUT2D eigenvalue weighted by atomic mass is 10.2. The Hall–Kier alpha value is -1.07. The van der Waals surface area contributed by atoms with E-state index in [1.54, 1.807) is 0 Å². The molecule has 0 aromatic carbocycles. The summed E-state index contributed by atoms with van der Waals surface area (Å²) in [7, 11) is 1.53. The summed E-state index contributed by atoms with van der Waals surface area (Å²) in [4.78, 5) is 4.08. The molecule has 0 N–H and O–H groups in total. The summed E-state index contributed by atoms with van der Waals surface area (Å²) in [5.41, 5.74) is 0.799. The highest BCUT2D eigenvalue weighted by atomic mass is 16.7. The molecule has 1 aromatic heterocycles. The van der Waals surface area contributed by atoms with Crippen molar-refractivity contribution in [3.63, 3.8) is 0 Å². The van der Waals surface area contributed by atoms with Crippen LogP contribution in [0, 0.1) is 6.92 Å². The molecule has 1 aromatic rings. The van der Waals surface area contributed by atoms with Gasteiger partial charge in [0.05, 0.1) is 12.8 Å². The van der Waals surface area contributed by atoms with E-state index in [-0.39, 0.29) is 12.4 Å². The maximum absolute atomic E-state index is 5.60. The number of hydrogen-bond donors (Lipinski definition) is 0. The van der Waals surface area contributed by atoms with Crippen molar-refractivity contribution in [1.82, 2.24) is 4.98 Å². The number of methoxy groups -OCH3 is 1. The van der Waals surface area contributed by atoms with E-state index in [2.05, 4.69) is 4.98 Å². The summed E-state index contributed by atoms with van der Waals surface area (Å²) in [6, 6.07) is 0. The fourth-order valence-corrected chi connectivity index (χ4v) is 1.63. The lowest BCUT2D eigenvalue weighted by molar-refractivity contribution is -0.171. The van der Waals surface area contributed by atoms with E-state index >= 15 is 0 Å². The van der Waals surface area contributed by atoms with Crippen LogP contribution in [0.5, 0.6) is 6.08 Å². The quantitative estimate of drug-likeness (QED) is 0.787. The Balaban J connectivity index is 1.85. The van der Waals surface area contributed by atoms with Crippen molar-refractivity contribution in [2.75, 3.05) is 13.7 Å². The smallest absolute Gasteiger partial charge is 0.393 e. The molecule has 16 heavy (non-hydrogen) atoms. The standard InChI is InChI=1S/C11H17NO4/c1-8-9(16-11(12-8)13-2)7-15-10-5-3-4-6-14-10/h10H,3-7H2,1-2H3. The van der Waals surface area contributed by atoms with Crippen LogP contribution in [-0.2, 0) is 16.1 Å². The maximum Gasteiger partial charge on any atom is 0.393 e. The van der Waals surface area contributed by atoms with Gasteiger partial charge in [0.2, 0.25) is 0 Å². The summed E-state index contributed by atoms with van der Waals surface area (Å²) in [6.07, 6.45) is 3.40. The van der Waals surface area contributed by atoms with Gasteiger partial charge in [-0.15, -0.1) is 0 Å². The molecule has 90 valence electrons. The number of ether oxygens (including phenoxy) is 3. The van der Waals surface area contributed by atoms with E-state index < -0.39 is 0 Å². The molecule has 1 unspecified atom stereocenters. The lowest BCUT2D eigenvalue weighted by Crippen LogP contribution is -2.22. The molecule has 0 spiro atoms. The largest absolute Gasteiger partial charge is 0.454 e.